The van der Waals surface area contributed by atoms with Gasteiger partial charge < -0.3 is 4.74 Å². The van der Waals surface area contributed by atoms with Crippen LogP contribution in [0.5, 0.6) is 0 Å². The van der Waals surface area contributed by atoms with Crippen LogP contribution in [0.2, 0.25) is 0 Å². The molecule has 6 atom stereocenters. The molecule has 2 nitrogen and oxygen atoms in total. The van der Waals surface area contributed by atoms with Crippen molar-refractivity contribution in [2.45, 2.75) is 85.3 Å². The lowest BCUT2D eigenvalue weighted by molar-refractivity contribution is -0.362. The number of carbonyl (C=O) groups is 1. The van der Waals surface area contributed by atoms with E-state index >= 15 is 0 Å². The Morgan fingerprint density at radius 3 is 1.65 bits per heavy atom. The predicted molar refractivity (Wildman–Crippen MR) is 78.6 cm³/mol. The van der Waals surface area contributed by atoms with Gasteiger partial charge in [0.15, 0.2) is 0 Å². The smallest absolute Gasteiger partial charge is 0.359 e. The Kier molecular flexibility index (Phi) is 5.08. The maximum absolute atomic E-state index is 14.8. The zero-order valence-corrected chi connectivity index (χ0v) is 16.6. The van der Waals surface area contributed by atoms with Crippen LogP contribution in [-0.2, 0) is 9.53 Å². The van der Waals surface area contributed by atoms with E-state index in [1.807, 2.05) is 0 Å². The topological polar surface area (TPSA) is 26.3 Å². The van der Waals surface area contributed by atoms with Crippen molar-refractivity contribution >= 4 is 5.97 Å². The first-order valence-electron chi connectivity index (χ1n) is 9.35. The van der Waals surface area contributed by atoms with Crippen molar-refractivity contribution in [2.75, 3.05) is 0 Å². The van der Waals surface area contributed by atoms with E-state index in [2.05, 4.69) is 4.74 Å². The van der Waals surface area contributed by atoms with Crippen LogP contribution in [0.15, 0.2) is 0 Å². The highest BCUT2D eigenvalue weighted by Gasteiger charge is 3.13. The molecule has 0 aromatic heterocycles. The zero-order valence-electron chi connectivity index (χ0n) is 16.6. The van der Waals surface area contributed by atoms with Crippen LogP contribution in [0.1, 0.15) is 26.7 Å². The lowest BCUT2D eigenvalue weighted by Crippen LogP contribution is -2.72. The van der Waals surface area contributed by atoms with Crippen LogP contribution >= 0.6 is 0 Å². The molecule has 198 valence electrons. The summed E-state index contributed by atoms with van der Waals surface area (Å²) >= 11 is 0. The molecule has 6 unspecified atom stereocenters. The normalized spacial score (nSPS) is 45.4. The maximum atomic E-state index is 14.8. The molecule has 3 fully saturated rings. The molecule has 0 saturated heterocycles. The van der Waals surface area contributed by atoms with Gasteiger partial charge in [0, 0.05) is 12.8 Å². The van der Waals surface area contributed by atoms with Crippen molar-refractivity contribution in [3.05, 3.63) is 0 Å². The summed E-state index contributed by atoms with van der Waals surface area (Å²) in [6.45, 7) is 0.541. The van der Waals surface area contributed by atoms with Crippen LogP contribution < -0.4 is 0 Å². The van der Waals surface area contributed by atoms with Gasteiger partial charge in [0.1, 0.15) is 5.92 Å². The number of hydrogen-bond acceptors (Lipinski definition) is 2. The Labute approximate surface area is 179 Å². The predicted octanol–water partition coefficient (Wildman–Crippen LogP) is 5.93. The maximum Gasteiger partial charge on any atom is 0.359 e. The highest BCUT2D eigenvalue weighted by Crippen LogP contribution is 2.79. The third kappa shape index (κ3) is 2.24. The molecule has 3 aliphatic rings. The van der Waals surface area contributed by atoms with E-state index in [0.29, 0.717) is 0 Å². The number of halogens is 15. The molecule has 17 heteroatoms. The molecule has 0 aromatic carbocycles. The van der Waals surface area contributed by atoms with E-state index in [9.17, 15) is 70.7 Å². The minimum atomic E-state index is -7.08. The van der Waals surface area contributed by atoms with Crippen molar-refractivity contribution in [3.8, 4) is 0 Å². The van der Waals surface area contributed by atoms with Gasteiger partial charge in [0.2, 0.25) is 11.8 Å². The fraction of sp³-hybridized carbons (Fsp3) is 0.941. The molecule has 3 rings (SSSR count). The summed E-state index contributed by atoms with van der Waals surface area (Å²) in [5.41, 5.74) is -18.5. The summed E-state index contributed by atoms with van der Waals surface area (Å²) in [5, 5.41) is 0. The van der Waals surface area contributed by atoms with Crippen molar-refractivity contribution in [2.24, 2.45) is 11.8 Å². The van der Waals surface area contributed by atoms with Crippen molar-refractivity contribution < 1.29 is 75.4 Å². The number of fused-ring (bicyclic) bond motifs is 2. The molecule has 0 spiro atoms. The molecule has 3 saturated carbocycles. The molecule has 0 amide bonds. The van der Waals surface area contributed by atoms with Gasteiger partial charge in [-0.05, 0) is 12.8 Å². The third-order valence-electron chi connectivity index (χ3n) is 6.98. The van der Waals surface area contributed by atoms with Crippen molar-refractivity contribution in [3.63, 3.8) is 0 Å². The van der Waals surface area contributed by atoms with Gasteiger partial charge in [-0.3, -0.25) is 4.79 Å². The van der Waals surface area contributed by atoms with Gasteiger partial charge in [0.25, 0.3) is 11.6 Å². The summed E-state index contributed by atoms with van der Waals surface area (Å²) in [6, 6.07) is 0. The Bertz CT molecular complexity index is 898. The standard InChI is InChI=1S/C17H13F15O2/c1-3-5-4-6(12(22,23)10(5,20)9(2,18)19)7(33)34-8-11(21)15(27,28)14(26,13(8,24)25)17(31,32)16(11,29)30/h5-6,8H,3-4H2,1-2H3. The van der Waals surface area contributed by atoms with E-state index in [1.54, 1.807) is 0 Å². The Balaban J connectivity index is 2.09. The number of carbonyl (C=O) groups excluding carboxylic acids is 1. The minimum Gasteiger partial charge on any atom is -0.451 e. The highest BCUT2D eigenvalue weighted by molar-refractivity contribution is 5.75. The zero-order chi connectivity index (χ0) is 26.9. The summed E-state index contributed by atoms with van der Waals surface area (Å²) in [6.07, 6.45) is -7.60. The lowest BCUT2D eigenvalue weighted by atomic mass is 9.83. The first-order valence-corrected chi connectivity index (χ1v) is 9.35. The summed E-state index contributed by atoms with van der Waals surface area (Å²) < 4.78 is 215. The van der Waals surface area contributed by atoms with Crippen LogP contribution in [-0.4, -0.2) is 64.6 Å². The average Bonchev–Trinajstić information content (AvgIpc) is 2.96. The van der Waals surface area contributed by atoms with E-state index in [1.165, 1.54) is 0 Å². The second-order valence-electron chi connectivity index (χ2n) is 8.65. The summed E-state index contributed by atoms with van der Waals surface area (Å²) in [7, 11) is 0. The largest absolute Gasteiger partial charge is 0.451 e. The van der Waals surface area contributed by atoms with Gasteiger partial charge in [-0.2, -0.15) is 35.1 Å². The van der Waals surface area contributed by atoms with Gasteiger partial charge in [-0.15, -0.1) is 0 Å². The number of rotatable bonds is 4. The third-order valence-corrected chi connectivity index (χ3v) is 6.98. The fourth-order valence-electron chi connectivity index (χ4n) is 5.09. The quantitative estimate of drug-likeness (QED) is 0.331. The minimum absolute atomic E-state index is 0.339. The lowest BCUT2D eigenvalue weighted by Gasteiger charge is -2.42. The van der Waals surface area contributed by atoms with Crippen LogP contribution in [0.4, 0.5) is 65.9 Å². The Morgan fingerprint density at radius 2 is 1.29 bits per heavy atom. The van der Waals surface area contributed by atoms with Gasteiger partial charge in [0.05, 0.1) is 0 Å². The van der Waals surface area contributed by atoms with Gasteiger partial charge in [-0.25, -0.2) is 30.7 Å². The first-order chi connectivity index (χ1) is 14.8. The Hall–Kier alpha value is -1.58. The molecular weight excluding hydrogens is 521 g/mol. The fourth-order valence-corrected chi connectivity index (χ4v) is 5.09. The molecule has 0 heterocycles. The molecule has 0 radical (unpaired) electrons. The number of alkyl halides is 15. The second-order valence-corrected chi connectivity index (χ2v) is 8.65. The summed E-state index contributed by atoms with van der Waals surface area (Å²) in [5.74, 6) is -47.1. The van der Waals surface area contributed by atoms with E-state index in [0.717, 1.165) is 6.92 Å². The molecule has 0 aromatic rings. The van der Waals surface area contributed by atoms with Crippen molar-refractivity contribution in [1.29, 1.82) is 0 Å². The highest BCUT2D eigenvalue weighted by atomic mass is 19.3. The van der Waals surface area contributed by atoms with E-state index < -0.39 is 89.3 Å². The van der Waals surface area contributed by atoms with Crippen LogP contribution in [0, 0.1) is 11.8 Å². The molecule has 0 aliphatic heterocycles. The molecule has 34 heavy (non-hydrogen) atoms. The number of ether oxygens (including phenoxy) is 1. The van der Waals surface area contributed by atoms with Crippen LogP contribution in [0.3, 0.4) is 0 Å². The molecule has 2 bridgehead atoms. The molecular formula is C17H13F15O2. The number of esters is 1. The first kappa shape index (κ1) is 27.0. The monoisotopic (exact) mass is 534 g/mol. The molecule has 0 N–H and O–H groups in total. The SMILES string of the molecule is CCC1CC(C(=O)OC2C(F)(F)C3(F)C(F)(F)C(F)(F)C2(F)C3(F)F)C(F)(F)C1(F)C(C)(F)F. The van der Waals surface area contributed by atoms with Gasteiger partial charge >= 0.3 is 41.3 Å². The van der Waals surface area contributed by atoms with Gasteiger partial charge in [-0.1, -0.05) is 6.92 Å². The Morgan fingerprint density at radius 1 is 0.824 bits per heavy atom. The molecule has 3 aliphatic carbocycles. The number of hydrogen-bond donors (Lipinski definition) is 0. The second kappa shape index (κ2) is 6.40. The average molecular weight is 534 g/mol. The van der Waals surface area contributed by atoms with Crippen LogP contribution in [0.25, 0.3) is 0 Å². The van der Waals surface area contributed by atoms with E-state index in [-0.39, 0.29) is 6.92 Å². The van der Waals surface area contributed by atoms with E-state index in [4.69, 9.17) is 0 Å². The summed E-state index contributed by atoms with van der Waals surface area (Å²) in [4.78, 5) is 12.1. The van der Waals surface area contributed by atoms with Crippen molar-refractivity contribution in [1.82, 2.24) is 0 Å².